The third kappa shape index (κ3) is 3.44. The second kappa shape index (κ2) is 6.86. The quantitative estimate of drug-likeness (QED) is 0.763. The lowest BCUT2D eigenvalue weighted by Crippen LogP contribution is -2.15. The second-order valence-corrected chi connectivity index (χ2v) is 5.75. The molecule has 128 valence electrons. The molecule has 1 aromatic heterocycles. The molecule has 1 atom stereocenters. The number of aromatic nitrogens is 2. The maximum atomic E-state index is 13.1. The number of nitrogens with one attached hydrogen (secondary N) is 1. The number of para-hydroxylation sites is 1. The molecule has 0 aliphatic heterocycles. The van der Waals surface area contributed by atoms with Gasteiger partial charge in [-0.25, -0.2) is 9.07 Å². The Kier molecular flexibility index (Phi) is 4.63. The molecule has 0 aliphatic carbocycles. The van der Waals surface area contributed by atoms with Gasteiger partial charge in [0.05, 0.1) is 29.2 Å². The van der Waals surface area contributed by atoms with Crippen LogP contribution in [0.5, 0.6) is 0 Å². The van der Waals surface area contributed by atoms with Crippen LogP contribution in [-0.4, -0.2) is 20.8 Å². The van der Waals surface area contributed by atoms with Gasteiger partial charge in [-0.1, -0.05) is 18.2 Å². The lowest BCUT2D eigenvalue weighted by Gasteiger charge is -2.13. The largest absolute Gasteiger partial charge is 0.389 e. The van der Waals surface area contributed by atoms with Crippen molar-refractivity contribution in [1.82, 2.24) is 9.78 Å². The number of hydrogen-bond donors (Lipinski definition) is 2. The summed E-state index contributed by atoms with van der Waals surface area (Å²) in [6.07, 6.45) is 0.776. The molecule has 2 aromatic carbocycles. The minimum atomic E-state index is -0.695. The van der Waals surface area contributed by atoms with Gasteiger partial charge in [-0.3, -0.25) is 4.79 Å². The number of aliphatic hydroxyl groups excluding tert-OH is 1. The molecule has 0 fully saturated rings. The monoisotopic (exact) mass is 339 g/mol. The third-order valence-electron chi connectivity index (χ3n) is 3.98. The zero-order valence-electron chi connectivity index (χ0n) is 13.9. The molecule has 5 nitrogen and oxygen atoms in total. The number of halogens is 1. The Hall–Kier alpha value is -2.99. The van der Waals surface area contributed by atoms with Crippen LogP contribution < -0.4 is 5.32 Å². The molecule has 0 saturated heterocycles. The molecule has 2 N–H and O–H groups in total. The van der Waals surface area contributed by atoms with Crippen LogP contribution in [0.15, 0.2) is 54.7 Å². The Morgan fingerprint density at radius 2 is 1.88 bits per heavy atom. The van der Waals surface area contributed by atoms with Gasteiger partial charge in [0.2, 0.25) is 0 Å². The predicted octanol–water partition coefficient (Wildman–Crippen LogP) is 3.63. The van der Waals surface area contributed by atoms with Crippen LogP contribution in [0.4, 0.5) is 10.1 Å². The highest BCUT2D eigenvalue weighted by Crippen LogP contribution is 2.23. The fourth-order valence-corrected chi connectivity index (χ4v) is 2.64. The van der Waals surface area contributed by atoms with Gasteiger partial charge in [-0.15, -0.1) is 0 Å². The summed E-state index contributed by atoms with van der Waals surface area (Å²) in [5, 5.41) is 16.8. The third-order valence-corrected chi connectivity index (χ3v) is 3.98. The number of anilines is 1. The molecule has 1 unspecified atom stereocenters. The summed E-state index contributed by atoms with van der Waals surface area (Å²) in [5.74, 6) is -0.653. The Balaban J connectivity index is 1.88. The number of carbonyl (C=O) groups excluding carboxylic acids is 1. The first-order chi connectivity index (χ1) is 12.0. The fraction of sp³-hybridized carbons (Fsp3) is 0.158. The van der Waals surface area contributed by atoms with Gasteiger partial charge in [0.1, 0.15) is 5.82 Å². The molecule has 3 rings (SSSR count). The first kappa shape index (κ1) is 16.9. The van der Waals surface area contributed by atoms with Crippen molar-refractivity contribution < 1.29 is 14.3 Å². The Morgan fingerprint density at radius 1 is 1.20 bits per heavy atom. The van der Waals surface area contributed by atoms with E-state index in [0.29, 0.717) is 28.2 Å². The van der Waals surface area contributed by atoms with Crippen molar-refractivity contribution in [2.75, 3.05) is 5.32 Å². The zero-order valence-corrected chi connectivity index (χ0v) is 13.9. The summed E-state index contributed by atoms with van der Waals surface area (Å²) in [7, 11) is 0. The number of hydrogen-bond acceptors (Lipinski definition) is 3. The maximum Gasteiger partial charge on any atom is 0.259 e. The molecular weight excluding hydrogens is 321 g/mol. The summed E-state index contributed by atoms with van der Waals surface area (Å²) in [5.41, 5.74) is 2.90. The van der Waals surface area contributed by atoms with E-state index in [2.05, 4.69) is 10.4 Å². The molecule has 0 aliphatic rings. The average Bonchev–Trinajstić information content (AvgIpc) is 2.97. The van der Waals surface area contributed by atoms with Gasteiger partial charge in [0, 0.05) is 11.3 Å². The molecule has 6 heteroatoms. The summed E-state index contributed by atoms with van der Waals surface area (Å²) >= 11 is 0. The molecule has 25 heavy (non-hydrogen) atoms. The van der Waals surface area contributed by atoms with Crippen molar-refractivity contribution in [1.29, 1.82) is 0 Å². The van der Waals surface area contributed by atoms with Crippen LogP contribution in [0.2, 0.25) is 0 Å². The average molecular weight is 339 g/mol. The van der Waals surface area contributed by atoms with Crippen molar-refractivity contribution in [3.63, 3.8) is 0 Å². The number of carbonyl (C=O) groups is 1. The Bertz CT molecular complexity index is 901. The van der Waals surface area contributed by atoms with E-state index in [1.165, 1.54) is 18.3 Å². The van der Waals surface area contributed by atoms with Gasteiger partial charge < -0.3 is 10.4 Å². The number of nitrogens with zero attached hydrogens (tertiary/aromatic N) is 2. The van der Waals surface area contributed by atoms with Gasteiger partial charge in [0.25, 0.3) is 5.91 Å². The molecular formula is C19H18FN3O2. The minimum Gasteiger partial charge on any atom is -0.389 e. The Morgan fingerprint density at radius 3 is 2.56 bits per heavy atom. The molecule has 1 heterocycles. The topological polar surface area (TPSA) is 67.2 Å². The van der Waals surface area contributed by atoms with Crippen molar-refractivity contribution in [2.45, 2.75) is 20.0 Å². The number of aliphatic hydroxyl groups is 1. The molecule has 3 aromatic rings. The van der Waals surface area contributed by atoms with E-state index in [1.807, 2.05) is 0 Å². The number of rotatable bonds is 4. The van der Waals surface area contributed by atoms with Crippen LogP contribution in [0.1, 0.15) is 34.6 Å². The zero-order chi connectivity index (χ0) is 18.0. The highest BCUT2D eigenvalue weighted by Gasteiger charge is 2.17. The van der Waals surface area contributed by atoms with Gasteiger partial charge in [0.15, 0.2) is 0 Å². The summed E-state index contributed by atoms with van der Waals surface area (Å²) in [6.45, 7) is 3.41. The van der Waals surface area contributed by atoms with E-state index in [-0.39, 0.29) is 11.7 Å². The van der Waals surface area contributed by atoms with Crippen LogP contribution in [0.25, 0.3) is 5.69 Å². The minimum absolute atomic E-state index is 0.320. The molecule has 0 radical (unpaired) electrons. The second-order valence-electron chi connectivity index (χ2n) is 5.75. The van der Waals surface area contributed by atoms with Crippen LogP contribution in [-0.2, 0) is 0 Å². The molecule has 1 amide bonds. The van der Waals surface area contributed by atoms with Crippen LogP contribution in [0.3, 0.4) is 0 Å². The van der Waals surface area contributed by atoms with E-state index in [0.717, 1.165) is 0 Å². The lowest BCUT2D eigenvalue weighted by molar-refractivity contribution is 0.102. The fourth-order valence-electron chi connectivity index (χ4n) is 2.64. The van der Waals surface area contributed by atoms with Crippen molar-refractivity contribution in [3.05, 3.63) is 77.4 Å². The van der Waals surface area contributed by atoms with Gasteiger partial charge in [-0.05, 0) is 44.2 Å². The van der Waals surface area contributed by atoms with Crippen molar-refractivity contribution >= 4 is 11.6 Å². The first-order valence-corrected chi connectivity index (χ1v) is 7.86. The lowest BCUT2D eigenvalue weighted by atomic mass is 10.1. The van der Waals surface area contributed by atoms with Crippen LogP contribution in [0, 0.1) is 12.7 Å². The smallest absolute Gasteiger partial charge is 0.259 e. The maximum absolute atomic E-state index is 13.1. The number of amides is 1. The first-order valence-electron chi connectivity index (χ1n) is 7.86. The normalized spacial score (nSPS) is 12.0. The van der Waals surface area contributed by atoms with Crippen molar-refractivity contribution in [2.24, 2.45) is 0 Å². The van der Waals surface area contributed by atoms with Crippen LogP contribution >= 0.6 is 0 Å². The standard InChI is InChI=1S/C19H18FN3O2/c1-12-17(11-21-23(12)15-9-7-14(20)8-10-15)19(25)22-18-6-4-3-5-16(18)13(2)24/h3-11,13,24H,1-2H3,(H,22,25). The van der Waals surface area contributed by atoms with Gasteiger partial charge in [-0.2, -0.15) is 5.10 Å². The van der Waals surface area contributed by atoms with E-state index in [4.69, 9.17) is 0 Å². The Labute approximate surface area is 144 Å². The van der Waals surface area contributed by atoms with E-state index >= 15 is 0 Å². The van der Waals surface area contributed by atoms with Gasteiger partial charge >= 0.3 is 0 Å². The van der Waals surface area contributed by atoms with E-state index in [1.54, 1.807) is 54.9 Å². The predicted molar refractivity (Wildman–Crippen MR) is 93.3 cm³/mol. The molecule has 0 spiro atoms. The molecule has 0 bridgehead atoms. The van der Waals surface area contributed by atoms with E-state index in [9.17, 15) is 14.3 Å². The number of benzene rings is 2. The summed E-state index contributed by atoms with van der Waals surface area (Å²) in [6, 6.07) is 13.0. The highest BCUT2D eigenvalue weighted by molar-refractivity contribution is 6.05. The highest BCUT2D eigenvalue weighted by atomic mass is 19.1. The SMILES string of the molecule is Cc1c(C(=O)Nc2ccccc2C(C)O)cnn1-c1ccc(F)cc1. The summed E-state index contributed by atoms with van der Waals surface area (Å²) in [4.78, 5) is 12.6. The molecule has 0 saturated carbocycles. The van der Waals surface area contributed by atoms with Crippen molar-refractivity contribution in [3.8, 4) is 5.69 Å². The van der Waals surface area contributed by atoms with E-state index < -0.39 is 6.10 Å². The summed E-state index contributed by atoms with van der Waals surface area (Å²) < 4.78 is 14.6.